The molecular formula is C23H27F2N7O. The molecule has 1 heterocycles. The zero-order chi connectivity index (χ0) is 23.8. The van der Waals surface area contributed by atoms with Gasteiger partial charge in [0.05, 0.1) is 17.9 Å². The topological polar surface area (TPSA) is 128 Å². The monoisotopic (exact) mass is 455 g/mol. The van der Waals surface area contributed by atoms with Crippen molar-refractivity contribution >= 4 is 17.3 Å². The molecule has 33 heavy (non-hydrogen) atoms. The number of hydrazone groups is 1. The molecule has 0 aliphatic rings. The van der Waals surface area contributed by atoms with Gasteiger partial charge < -0.3 is 21.6 Å². The van der Waals surface area contributed by atoms with Crippen LogP contribution in [0.1, 0.15) is 18.9 Å². The molecule has 7 N–H and O–H groups in total. The maximum atomic E-state index is 14.9. The summed E-state index contributed by atoms with van der Waals surface area (Å²) in [6, 6.07) is 13.7. The molecule has 8 nitrogen and oxygen atoms in total. The second-order valence-corrected chi connectivity index (χ2v) is 7.11. The number of rotatable bonds is 9. The van der Waals surface area contributed by atoms with E-state index >= 15 is 0 Å². The molecule has 0 saturated heterocycles. The van der Waals surface area contributed by atoms with Crippen LogP contribution >= 0.6 is 0 Å². The van der Waals surface area contributed by atoms with Gasteiger partial charge in [-0.1, -0.05) is 37.3 Å². The number of nitrogen functional groups attached to an aromatic ring is 1. The summed E-state index contributed by atoms with van der Waals surface area (Å²) in [5, 5.41) is 7.63. The van der Waals surface area contributed by atoms with Crippen LogP contribution in [-0.2, 0) is 0 Å². The number of nitrogens with zero attached hydrogens (tertiary/aromatic N) is 3. The first-order valence-corrected chi connectivity index (χ1v) is 10.4. The highest BCUT2D eigenvalue weighted by Gasteiger charge is 2.23. The third kappa shape index (κ3) is 5.54. The van der Waals surface area contributed by atoms with E-state index in [1.165, 1.54) is 12.1 Å². The van der Waals surface area contributed by atoms with Gasteiger partial charge in [0.25, 0.3) is 0 Å². The third-order valence-corrected chi connectivity index (χ3v) is 4.91. The highest BCUT2D eigenvalue weighted by Crippen LogP contribution is 2.30. The number of ether oxygens (including phenoxy) is 1. The van der Waals surface area contributed by atoms with Gasteiger partial charge in [-0.15, -0.1) is 0 Å². The fraction of sp³-hybridized carbons (Fsp3) is 0.217. The lowest BCUT2D eigenvalue weighted by atomic mass is 10.0. The van der Waals surface area contributed by atoms with Gasteiger partial charge in [-0.2, -0.15) is 9.49 Å². The smallest absolute Gasteiger partial charge is 0.202 e. The molecule has 0 atom stereocenters. The summed E-state index contributed by atoms with van der Waals surface area (Å²) in [6.45, 7) is 3.75. The molecule has 0 spiro atoms. The second kappa shape index (κ2) is 11.2. The summed E-state index contributed by atoms with van der Waals surface area (Å²) in [5.41, 5.74) is 7.60. The van der Waals surface area contributed by atoms with E-state index in [0.29, 0.717) is 13.0 Å². The van der Waals surface area contributed by atoms with E-state index in [1.54, 1.807) is 12.3 Å². The maximum absolute atomic E-state index is 14.9. The van der Waals surface area contributed by atoms with Crippen molar-refractivity contribution in [1.29, 1.82) is 0 Å². The Kier molecular flexibility index (Phi) is 8.11. The van der Waals surface area contributed by atoms with Crippen molar-refractivity contribution < 1.29 is 13.5 Å². The molecule has 10 heteroatoms. The number of pyridine rings is 1. The molecule has 0 unspecified atom stereocenters. The lowest BCUT2D eigenvalue weighted by molar-refractivity contribution is 0.288. The SMILES string of the molecule is CCNCCCOc1ccc(N(N)/C(=N\N)c2cc(-c3ccccc3)cnc2N)c(F)c1F. The fourth-order valence-electron chi connectivity index (χ4n) is 3.19. The minimum atomic E-state index is -1.20. The quantitative estimate of drug-likeness (QED) is 0.128. The van der Waals surface area contributed by atoms with Crippen LogP contribution in [0.4, 0.5) is 20.3 Å². The number of benzene rings is 2. The summed E-state index contributed by atoms with van der Waals surface area (Å²) >= 11 is 0. The number of nitrogens with one attached hydrogen (secondary N) is 1. The number of halogens is 2. The van der Waals surface area contributed by atoms with Gasteiger partial charge in [-0.05, 0) is 43.3 Å². The molecule has 0 saturated carbocycles. The van der Waals surface area contributed by atoms with E-state index in [0.717, 1.165) is 22.7 Å². The van der Waals surface area contributed by atoms with Crippen molar-refractivity contribution in [2.24, 2.45) is 16.8 Å². The molecule has 3 aromatic rings. The third-order valence-electron chi connectivity index (χ3n) is 4.91. The Morgan fingerprint density at radius 1 is 1.12 bits per heavy atom. The molecule has 1 aromatic heterocycles. The van der Waals surface area contributed by atoms with E-state index in [1.807, 2.05) is 37.3 Å². The van der Waals surface area contributed by atoms with Crippen LogP contribution in [0.3, 0.4) is 0 Å². The molecule has 0 amide bonds. The van der Waals surface area contributed by atoms with E-state index in [4.69, 9.17) is 22.2 Å². The van der Waals surface area contributed by atoms with Gasteiger partial charge in [0, 0.05) is 11.8 Å². The molecule has 2 aromatic carbocycles. The zero-order valence-corrected chi connectivity index (χ0v) is 18.3. The van der Waals surface area contributed by atoms with Gasteiger partial charge in [-0.3, -0.25) is 5.01 Å². The first-order chi connectivity index (χ1) is 16.0. The maximum Gasteiger partial charge on any atom is 0.202 e. The lowest BCUT2D eigenvalue weighted by Gasteiger charge is -2.22. The van der Waals surface area contributed by atoms with Crippen molar-refractivity contribution in [2.75, 3.05) is 30.4 Å². The van der Waals surface area contributed by atoms with Crippen molar-refractivity contribution in [1.82, 2.24) is 10.3 Å². The van der Waals surface area contributed by atoms with Gasteiger partial charge in [0.2, 0.25) is 5.82 Å². The van der Waals surface area contributed by atoms with Crippen LogP contribution in [0, 0.1) is 11.6 Å². The number of nitrogens with two attached hydrogens (primary N) is 3. The van der Waals surface area contributed by atoms with E-state index in [9.17, 15) is 8.78 Å². The molecule has 174 valence electrons. The predicted molar refractivity (Wildman–Crippen MR) is 126 cm³/mol. The van der Waals surface area contributed by atoms with Crippen molar-refractivity contribution in [3.8, 4) is 16.9 Å². The fourth-order valence-corrected chi connectivity index (χ4v) is 3.19. The number of aromatic nitrogens is 1. The lowest BCUT2D eigenvalue weighted by Crippen LogP contribution is -2.40. The molecule has 3 rings (SSSR count). The van der Waals surface area contributed by atoms with Gasteiger partial charge in [0.15, 0.2) is 17.4 Å². The Balaban J connectivity index is 1.86. The van der Waals surface area contributed by atoms with Crippen LogP contribution in [0.2, 0.25) is 0 Å². The number of hydrogen-bond acceptors (Lipinski definition) is 7. The Morgan fingerprint density at radius 3 is 2.58 bits per heavy atom. The van der Waals surface area contributed by atoms with Gasteiger partial charge in [-0.25, -0.2) is 15.2 Å². The Morgan fingerprint density at radius 2 is 1.88 bits per heavy atom. The Labute approximate surface area is 191 Å². The molecular weight excluding hydrogens is 428 g/mol. The normalized spacial score (nSPS) is 11.5. The number of hydrogen-bond donors (Lipinski definition) is 4. The molecule has 0 bridgehead atoms. The van der Waals surface area contributed by atoms with Crippen molar-refractivity contribution in [2.45, 2.75) is 13.3 Å². The molecule has 0 fully saturated rings. The first kappa shape index (κ1) is 23.9. The predicted octanol–water partition coefficient (Wildman–Crippen LogP) is 2.99. The van der Waals surface area contributed by atoms with Gasteiger partial charge >= 0.3 is 0 Å². The second-order valence-electron chi connectivity index (χ2n) is 7.11. The highest BCUT2D eigenvalue weighted by atomic mass is 19.2. The van der Waals surface area contributed by atoms with Crippen LogP contribution < -0.4 is 32.5 Å². The van der Waals surface area contributed by atoms with Crippen LogP contribution in [0.5, 0.6) is 5.75 Å². The average Bonchev–Trinajstić information content (AvgIpc) is 2.83. The summed E-state index contributed by atoms with van der Waals surface area (Å²) in [5.74, 6) is 9.08. The minimum Gasteiger partial charge on any atom is -0.490 e. The summed E-state index contributed by atoms with van der Waals surface area (Å²) in [4.78, 5) is 4.18. The van der Waals surface area contributed by atoms with Crippen LogP contribution in [0.15, 0.2) is 59.8 Å². The molecule has 0 radical (unpaired) electrons. The van der Waals surface area contributed by atoms with Crippen LogP contribution in [-0.4, -0.2) is 30.5 Å². The van der Waals surface area contributed by atoms with Gasteiger partial charge in [0.1, 0.15) is 5.82 Å². The minimum absolute atomic E-state index is 0.0795. The van der Waals surface area contributed by atoms with E-state index in [2.05, 4.69) is 15.4 Å². The molecule has 0 aliphatic heterocycles. The van der Waals surface area contributed by atoms with Crippen molar-refractivity contribution in [3.63, 3.8) is 0 Å². The van der Waals surface area contributed by atoms with Crippen molar-refractivity contribution in [3.05, 3.63) is 71.9 Å². The Hall–Kier alpha value is -3.76. The average molecular weight is 456 g/mol. The number of hydrazine groups is 1. The standard InChI is InChI=1S/C23H27F2N7O/c1-2-29-11-6-12-33-19-10-9-18(20(24)21(19)25)32(28)23(31-27)17-13-16(14-30-22(17)26)15-7-4-3-5-8-15/h3-5,7-10,13-14,29H,2,6,11-12,27-28H2,1H3,(H2,26,30)/b31-23-. The first-order valence-electron chi connectivity index (χ1n) is 10.4. The Bertz CT molecular complexity index is 1110. The summed E-state index contributed by atoms with van der Waals surface area (Å²) in [7, 11) is 0. The highest BCUT2D eigenvalue weighted by molar-refractivity contribution is 6.12. The number of anilines is 2. The largest absolute Gasteiger partial charge is 0.490 e. The van der Waals surface area contributed by atoms with Crippen LogP contribution in [0.25, 0.3) is 11.1 Å². The number of amidine groups is 1. The van der Waals surface area contributed by atoms with E-state index in [-0.39, 0.29) is 35.3 Å². The zero-order valence-electron chi connectivity index (χ0n) is 18.3. The summed E-state index contributed by atoms with van der Waals surface area (Å²) in [6.07, 6.45) is 2.24. The summed E-state index contributed by atoms with van der Waals surface area (Å²) < 4.78 is 34.8. The van der Waals surface area contributed by atoms with E-state index < -0.39 is 11.6 Å². The molecule has 0 aliphatic carbocycles.